The van der Waals surface area contributed by atoms with Gasteiger partial charge in [0.2, 0.25) is 11.8 Å². The number of amides is 2. The topological polar surface area (TPSA) is 159 Å². The third-order valence-corrected chi connectivity index (χ3v) is 6.33. The molecular weight excluding hydrogens is 521 g/mol. The molecule has 1 fully saturated rings. The van der Waals surface area contributed by atoms with Crippen molar-refractivity contribution in [1.29, 1.82) is 0 Å². The lowest BCUT2D eigenvalue weighted by Gasteiger charge is -2.21. The smallest absolute Gasteiger partial charge is 0.341 e. The Morgan fingerprint density at radius 2 is 1.82 bits per heavy atom. The number of nitrogens with one attached hydrogen (secondary N) is 2. The normalized spacial score (nSPS) is 16.7. The molecule has 14 heteroatoms. The highest BCUT2D eigenvalue weighted by Gasteiger charge is 2.30. The number of halogens is 3. The molecule has 1 unspecified atom stereocenters. The van der Waals surface area contributed by atoms with Gasteiger partial charge in [0, 0.05) is 36.3 Å². The van der Waals surface area contributed by atoms with Gasteiger partial charge < -0.3 is 26.4 Å². The molecule has 1 aromatic carbocycles. The number of hydrogen-bond acceptors (Lipinski definition) is 7. The number of hydrogen-bond donors (Lipinski definition) is 4. The average Bonchev–Trinajstić information content (AvgIpc) is 3.32. The molecule has 0 radical (unpaired) electrons. The van der Waals surface area contributed by atoms with Crippen molar-refractivity contribution >= 4 is 29.2 Å². The summed E-state index contributed by atoms with van der Waals surface area (Å²) in [6.45, 7) is 3.35. The fourth-order valence-corrected chi connectivity index (χ4v) is 4.27. The van der Waals surface area contributed by atoms with E-state index in [0.717, 1.165) is 24.4 Å². The largest absolute Gasteiger partial charge is 0.477 e. The number of carbonyl (C=O) groups is 3. The maximum absolute atomic E-state index is 15.2. The molecule has 0 saturated carbocycles. The molecule has 0 aliphatic carbocycles. The Morgan fingerprint density at radius 1 is 1.10 bits per heavy atom. The molecule has 3 heterocycles. The quantitative estimate of drug-likeness (QED) is 0.342. The third-order valence-electron chi connectivity index (χ3n) is 6.33. The van der Waals surface area contributed by atoms with Crippen LogP contribution in [0.15, 0.2) is 35.3 Å². The van der Waals surface area contributed by atoms with E-state index in [1.807, 2.05) is 0 Å². The number of rotatable bonds is 7. The van der Waals surface area contributed by atoms with Crippen LogP contribution in [0.3, 0.4) is 0 Å². The first-order chi connectivity index (χ1) is 18.4. The van der Waals surface area contributed by atoms with Crippen LogP contribution in [0.1, 0.15) is 30.6 Å². The highest BCUT2D eigenvalue weighted by Crippen LogP contribution is 2.30. The number of aromatic nitrogens is 2. The van der Waals surface area contributed by atoms with Crippen molar-refractivity contribution in [2.45, 2.75) is 38.4 Å². The Bertz CT molecular complexity index is 1540. The van der Waals surface area contributed by atoms with Gasteiger partial charge in [0.25, 0.3) is 5.56 Å². The van der Waals surface area contributed by atoms with Gasteiger partial charge in [0.1, 0.15) is 28.9 Å². The Kier molecular flexibility index (Phi) is 7.58. The second-order valence-electron chi connectivity index (χ2n) is 9.27. The molecule has 0 bridgehead atoms. The lowest BCUT2D eigenvalue weighted by Crippen LogP contribution is -2.51. The molecule has 3 atom stereocenters. The second kappa shape index (κ2) is 10.7. The number of carboxylic acids is 1. The molecular formula is C25H25F3N6O5. The van der Waals surface area contributed by atoms with E-state index >= 15 is 4.39 Å². The van der Waals surface area contributed by atoms with Crippen LogP contribution in [0.2, 0.25) is 0 Å². The molecule has 2 aromatic heterocycles. The van der Waals surface area contributed by atoms with Gasteiger partial charge in [0.15, 0.2) is 11.6 Å². The van der Waals surface area contributed by atoms with Gasteiger partial charge in [-0.25, -0.2) is 22.9 Å². The second-order valence-corrected chi connectivity index (χ2v) is 9.27. The number of carbonyl (C=O) groups excluding carboxylic acids is 2. The number of anilines is 1. The molecule has 11 nitrogen and oxygen atoms in total. The monoisotopic (exact) mass is 546 g/mol. The van der Waals surface area contributed by atoms with E-state index in [0.29, 0.717) is 16.9 Å². The van der Waals surface area contributed by atoms with Crippen molar-refractivity contribution in [3.63, 3.8) is 0 Å². The molecule has 206 valence electrons. The minimum Gasteiger partial charge on any atom is -0.477 e. The first-order valence-electron chi connectivity index (χ1n) is 11.9. The molecule has 4 rings (SSSR count). The number of aromatic carboxylic acids is 1. The van der Waals surface area contributed by atoms with Gasteiger partial charge in [-0.2, -0.15) is 0 Å². The zero-order valence-corrected chi connectivity index (χ0v) is 20.9. The summed E-state index contributed by atoms with van der Waals surface area (Å²) >= 11 is 0. The first kappa shape index (κ1) is 27.6. The van der Waals surface area contributed by atoms with E-state index in [1.54, 1.807) is 0 Å². The number of nitrogens with zero attached hydrogens (tertiary/aromatic N) is 3. The molecule has 0 spiro atoms. The fourth-order valence-electron chi connectivity index (χ4n) is 4.27. The van der Waals surface area contributed by atoms with Crippen LogP contribution in [0.5, 0.6) is 0 Å². The van der Waals surface area contributed by atoms with Crippen LogP contribution in [-0.2, 0) is 9.59 Å². The van der Waals surface area contributed by atoms with E-state index in [9.17, 15) is 33.1 Å². The van der Waals surface area contributed by atoms with Gasteiger partial charge in [-0.3, -0.25) is 18.8 Å². The predicted octanol–water partition coefficient (Wildman–Crippen LogP) is 1.02. The lowest BCUT2D eigenvalue weighted by molar-refractivity contribution is -0.129. The Morgan fingerprint density at radius 3 is 2.46 bits per heavy atom. The summed E-state index contributed by atoms with van der Waals surface area (Å²) in [7, 11) is 0. The van der Waals surface area contributed by atoms with Crippen molar-refractivity contribution in [1.82, 2.24) is 20.0 Å². The van der Waals surface area contributed by atoms with Crippen molar-refractivity contribution in [2.75, 3.05) is 18.0 Å². The SMILES string of the molecule is CC(N)C(=O)N[C@@H](C)C(=O)N[C@H]1CCN(c2nc3c(-c4ccc(F)cc4F)cc(C(=O)O)c(=O)n3cc2F)C1. The summed E-state index contributed by atoms with van der Waals surface area (Å²) in [6, 6.07) is 1.43. The van der Waals surface area contributed by atoms with Crippen LogP contribution in [-0.4, -0.2) is 63.5 Å². The van der Waals surface area contributed by atoms with E-state index in [1.165, 1.54) is 18.7 Å². The number of pyridine rings is 1. The number of carboxylic acid groups (broad SMARTS) is 1. The molecule has 3 aromatic rings. The van der Waals surface area contributed by atoms with Gasteiger partial charge in [-0.15, -0.1) is 0 Å². The Labute approximate surface area is 219 Å². The van der Waals surface area contributed by atoms with Crippen LogP contribution in [0, 0.1) is 17.5 Å². The molecule has 2 amide bonds. The van der Waals surface area contributed by atoms with Crippen LogP contribution >= 0.6 is 0 Å². The van der Waals surface area contributed by atoms with E-state index in [-0.39, 0.29) is 35.7 Å². The predicted molar refractivity (Wildman–Crippen MR) is 134 cm³/mol. The van der Waals surface area contributed by atoms with Crippen molar-refractivity contribution in [2.24, 2.45) is 5.73 Å². The molecule has 1 aliphatic heterocycles. The van der Waals surface area contributed by atoms with Gasteiger partial charge in [-0.1, -0.05) is 0 Å². The lowest BCUT2D eigenvalue weighted by atomic mass is 10.0. The van der Waals surface area contributed by atoms with Crippen molar-refractivity contribution in [3.8, 4) is 11.1 Å². The van der Waals surface area contributed by atoms with E-state index < -0.39 is 64.5 Å². The maximum atomic E-state index is 15.2. The summed E-state index contributed by atoms with van der Waals surface area (Å²) in [5.41, 5.74) is 3.01. The number of nitrogens with two attached hydrogens (primary N) is 1. The summed E-state index contributed by atoms with van der Waals surface area (Å²) in [5.74, 6) is -5.66. The maximum Gasteiger partial charge on any atom is 0.341 e. The van der Waals surface area contributed by atoms with Gasteiger partial charge in [0.05, 0.1) is 12.2 Å². The summed E-state index contributed by atoms with van der Waals surface area (Å²) in [5, 5.41) is 14.7. The van der Waals surface area contributed by atoms with E-state index in [4.69, 9.17) is 5.73 Å². The Hall–Kier alpha value is -4.46. The van der Waals surface area contributed by atoms with Crippen LogP contribution in [0.4, 0.5) is 19.0 Å². The average molecular weight is 547 g/mol. The molecule has 1 aliphatic rings. The Balaban J connectivity index is 1.68. The standard InChI is InChI=1S/C25H25F3N6O5/c1-11(29)22(35)30-12(2)23(36)31-14-5-6-33(9-14)21-19(28)10-34-20(32-21)16(8-17(24(34)37)25(38)39)15-4-3-13(26)7-18(15)27/h3-4,7-8,10-12,14H,5-6,9,29H2,1-2H3,(H,30,35)(H,31,36)(H,38,39)/t11?,12-,14-/m0/s1. The van der Waals surface area contributed by atoms with Gasteiger partial charge >= 0.3 is 5.97 Å². The fraction of sp³-hybridized carbons (Fsp3) is 0.320. The van der Waals surface area contributed by atoms with Crippen LogP contribution < -0.4 is 26.8 Å². The summed E-state index contributed by atoms with van der Waals surface area (Å²) < 4.78 is 44.1. The summed E-state index contributed by atoms with van der Waals surface area (Å²) in [4.78, 5) is 54.4. The van der Waals surface area contributed by atoms with Crippen LogP contribution in [0.25, 0.3) is 16.8 Å². The third kappa shape index (κ3) is 5.55. The number of benzene rings is 1. The zero-order chi connectivity index (χ0) is 28.6. The first-order valence-corrected chi connectivity index (χ1v) is 11.9. The zero-order valence-electron chi connectivity index (χ0n) is 20.9. The van der Waals surface area contributed by atoms with Crippen molar-refractivity contribution < 1.29 is 32.7 Å². The number of fused-ring (bicyclic) bond motifs is 1. The minimum absolute atomic E-state index is 0.122. The van der Waals surface area contributed by atoms with E-state index in [2.05, 4.69) is 15.6 Å². The van der Waals surface area contributed by atoms with Crippen molar-refractivity contribution in [3.05, 3.63) is 63.8 Å². The molecule has 1 saturated heterocycles. The molecule has 39 heavy (non-hydrogen) atoms. The highest BCUT2D eigenvalue weighted by molar-refractivity contribution is 5.92. The highest BCUT2D eigenvalue weighted by atomic mass is 19.1. The molecule has 5 N–H and O–H groups in total. The minimum atomic E-state index is -1.62. The summed E-state index contributed by atoms with van der Waals surface area (Å²) in [6.07, 6.45) is 1.16. The van der Waals surface area contributed by atoms with Gasteiger partial charge in [-0.05, 0) is 38.5 Å².